The van der Waals surface area contributed by atoms with Crippen molar-refractivity contribution in [3.63, 3.8) is 0 Å². The first-order valence-electron chi connectivity index (χ1n) is 6.73. The summed E-state index contributed by atoms with van der Waals surface area (Å²) in [4.78, 5) is 19.6. The molecule has 0 saturated heterocycles. The van der Waals surface area contributed by atoms with Crippen LogP contribution >= 0.6 is 15.9 Å². The summed E-state index contributed by atoms with van der Waals surface area (Å²) < 4.78 is 11.4. The Morgan fingerprint density at radius 1 is 1.35 bits per heavy atom. The Kier molecular flexibility index (Phi) is 5.51. The van der Waals surface area contributed by atoms with Crippen LogP contribution < -0.4 is 10.5 Å². The Morgan fingerprint density at radius 2 is 2.09 bits per heavy atom. The second-order valence-corrected chi connectivity index (χ2v) is 5.59. The van der Waals surface area contributed by atoms with E-state index in [1.54, 1.807) is 32.2 Å². The Balaban J connectivity index is 2.61. The maximum absolute atomic E-state index is 11.6. The van der Waals surface area contributed by atoms with Gasteiger partial charge in [0.2, 0.25) is 5.95 Å². The van der Waals surface area contributed by atoms with Crippen molar-refractivity contribution in [3.8, 4) is 17.0 Å². The first-order chi connectivity index (χ1) is 10.9. The van der Waals surface area contributed by atoms with Crippen LogP contribution in [-0.2, 0) is 4.74 Å². The normalized spacial score (nSPS) is 10.6. The summed E-state index contributed by atoms with van der Waals surface area (Å²) in [6.07, 6.45) is 0. The standard InChI is InChI=1S/C15H16BrN3O4/c1-8-12(14(20)21)13(19-15(17)18-8)10-7-9(16)3-4-11(10)23-6-5-22-2/h3-4,7H,5-6H2,1-2H3,(H,20,21)(H2,17,18,19). The maximum atomic E-state index is 11.6. The quantitative estimate of drug-likeness (QED) is 0.739. The number of aromatic nitrogens is 2. The molecule has 2 aromatic rings. The second-order valence-electron chi connectivity index (χ2n) is 4.68. The molecule has 0 unspecified atom stereocenters. The number of benzene rings is 1. The Labute approximate surface area is 141 Å². The molecular weight excluding hydrogens is 366 g/mol. The number of carbonyl (C=O) groups is 1. The molecule has 0 aliphatic carbocycles. The zero-order valence-corrected chi connectivity index (χ0v) is 14.3. The van der Waals surface area contributed by atoms with Gasteiger partial charge >= 0.3 is 5.97 Å². The van der Waals surface area contributed by atoms with Gasteiger partial charge in [0.1, 0.15) is 17.9 Å². The minimum absolute atomic E-state index is 0.00492. The average Bonchev–Trinajstić information content (AvgIpc) is 2.47. The number of nitrogens with two attached hydrogens (primary N) is 1. The monoisotopic (exact) mass is 381 g/mol. The molecule has 0 saturated carbocycles. The molecule has 0 radical (unpaired) electrons. The third-order valence-corrected chi connectivity index (χ3v) is 3.56. The van der Waals surface area contributed by atoms with Gasteiger partial charge in [-0.15, -0.1) is 0 Å². The number of anilines is 1. The van der Waals surface area contributed by atoms with Crippen LogP contribution in [0.1, 0.15) is 16.1 Å². The van der Waals surface area contributed by atoms with E-state index in [1.807, 2.05) is 0 Å². The summed E-state index contributed by atoms with van der Waals surface area (Å²) in [5, 5.41) is 9.48. The molecule has 0 spiro atoms. The number of methoxy groups -OCH3 is 1. The van der Waals surface area contributed by atoms with Crippen LogP contribution in [0.15, 0.2) is 22.7 Å². The summed E-state index contributed by atoms with van der Waals surface area (Å²) in [6, 6.07) is 5.26. The van der Waals surface area contributed by atoms with Gasteiger partial charge in [-0.05, 0) is 25.1 Å². The fraction of sp³-hybridized carbons (Fsp3) is 0.267. The number of nitrogen functional groups attached to an aromatic ring is 1. The van der Waals surface area contributed by atoms with Crippen molar-refractivity contribution >= 4 is 27.8 Å². The number of carboxylic acids is 1. The van der Waals surface area contributed by atoms with Gasteiger partial charge in [-0.3, -0.25) is 0 Å². The van der Waals surface area contributed by atoms with E-state index in [1.165, 1.54) is 0 Å². The minimum Gasteiger partial charge on any atom is -0.490 e. The van der Waals surface area contributed by atoms with E-state index in [0.29, 0.717) is 30.2 Å². The third kappa shape index (κ3) is 3.96. The summed E-state index contributed by atoms with van der Waals surface area (Å²) >= 11 is 3.37. The number of rotatable bonds is 6. The summed E-state index contributed by atoms with van der Waals surface area (Å²) in [5.41, 5.74) is 6.71. The molecule has 2 rings (SSSR count). The van der Waals surface area contributed by atoms with Crippen LogP contribution in [0.2, 0.25) is 0 Å². The van der Waals surface area contributed by atoms with Gasteiger partial charge < -0.3 is 20.3 Å². The summed E-state index contributed by atoms with van der Waals surface area (Å²) in [5.74, 6) is -0.629. The van der Waals surface area contributed by atoms with Crippen LogP contribution in [-0.4, -0.2) is 41.4 Å². The zero-order valence-electron chi connectivity index (χ0n) is 12.7. The van der Waals surface area contributed by atoms with Crippen LogP contribution in [0.3, 0.4) is 0 Å². The first kappa shape index (κ1) is 17.2. The molecule has 23 heavy (non-hydrogen) atoms. The maximum Gasteiger partial charge on any atom is 0.339 e. The molecule has 1 aromatic heterocycles. The SMILES string of the molecule is COCCOc1ccc(Br)cc1-c1nc(N)nc(C)c1C(=O)O. The van der Waals surface area contributed by atoms with Gasteiger partial charge in [-0.2, -0.15) is 0 Å². The van der Waals surface area contributed by atoms with Gasteiger partial charge in [0.05, 0.1) is 18.0 Å². The summed E-state index contributed by atoms with van der Waals surface area (Å²) in [7, 11) is 1.57. The highest BCUT2D eigenvalue weighted by atomic mass is 79.9. The molecule has 0 amide bonds. The van der Waals surface area contributed by atoms with E-state index >= 15 is 0 Å². The lowest BCUT2D eigenvalue weighted by molar-refractivity contribution is 0.0696. The zero-order chi connectivity index (χ0) is 17.0. The molecule has 1 aromatic carbocycles. The molecule has 8 heteroatoms. The number of aromatic carboxylic acids is 1. The topological polar surface area (TPSA) is 108 Å². The number of aryl methyl sites for hydroxylation is 1. The predicted octanol–water partition coefficient (Wildman–Crippen LogP) is 2.52. The molecule has 3 N–H and O–H groups in total. The lowest BCUT2D eigenvalue weighted by atomic mass is 10.0. The van der Waals surface area contributed by atoms with Crippen molar-refractivity contribution in [1.82, 2.24) is 9.97 Å². The number of hydrogen-bond acceptors (Lipinski definition) is 6. The van der Waals surface area contributed by atoms with E-state index in [4.69, 9.17) is 15.2 Å². The molecular formula is C15H16BrN3O4. The third-order valence-electron chi connectivity index (χ3n) is 3.06. The molecule has 0 atom stereocenters. The Hall–Kier alpha value is -2.19. The molecule has 122 valence electrons. The largest absolute Gasteiger partial charge is 0.490 e. The van der Waals surface area contributed by atoms with E-state index in [-0.39, 0.29) is 17.2 Å². The Bertz CT molecular complexity index is 737. The highest BCUT2D eigenvalue weighted by molar-refractivity contribution is 9.10. The van der Waals surface area contributed by atoms with Gasteiger partial charge in [0.25, 0.3) is 0 Å². The molecule has 0 aliphatic rings. The number of nitrogens with zero attached hydrogens (tertiary/aromatic N) is 2. The van der Waals surface area contributed by atoms with Gasteiger partial charge in [0, 0.05) is 17.1 Å². The number of halogens is 1. The van der Waals surface area contributed by atoms with E-state index in [0.717, 1.165) is 4.47 Å². The van der Waals surface area contributed by atoms with Crippen molar-refractivity contribution in [1.29, 1.82) is 0 Å². The van der Waals surface area contributed by atoms with Gasteiger partial charge in [0.15, 0.2) is 0 Å². The molecule has 0 fully saturated rings. The molecule has 0 aliphatic heterocycles. The number of carboxylic acid groups (broad SMARTS) is 1. The van der Waals surface area contributed by atoms with Crippen molar-refractivity contribution in [2.75, 3.05) is 26.1 Å². The fourth-order valence-corrected chi connectivity index (χ4v) is 2.45. The minimum atomic E-state index is -1.12. The average molecular weight is 382 g/mol. The lowest BCUT2D eigenvalue weighted by Crippen LogP contribution is -2.11. The van der Waals surface area contributed by atoms with Crippen molar-refractivity contribution in [2.24, 2.45) is 0 Å². The van der Waals surface area contributed by atoms with Gasteiger partial charge in [-0.25, -0.2) is 14.8 Å². The van der Waals surface area contributed by atoms with Crippen LogP contribution in [0.5, 0.6) is 5.75 Å². The van der Waals surface area contributed by atoms with Crippen LogP contribution in [0.4, 0.5) is 5.95 Å². The van der Waals surface area contributed by atoms with Crippen LogP contribution in [0, 0.1) is 6.92 Å². The lowest BCUT2D eigenvalue weighted by Gasteiger charge is -2.14. The highest BCUT2D eigenvalue weighted by Crippen LogP contribution is 2.34. The Morgan fingerprint density at radius 3 is 2.74 bits per heavy atom. The second kappa shape index (κ2) is 7.38. The van der Waals surface area contributed by atoms with Crippen molar-refractivity contribution in [2.45, 2.75) is 6.92 Å². The molecule has 0 bridgehead atoms. The van der Waals surface area contributed by atoms with Crippen LogP contribution in [0.25, 0.3) is 11.3 Å². The van der Waals surface area contributed by atoms with Gasteiger partial charge in [-0.1, -0.05) is 15.9 Å². The smallest absolute Gasteiger partial charge is 0.339 e. The summed E-state index contributed by atoms with van der Waals surface area (Å²) in [6.45, 7) is 2.31. The van der Waals surface area contributed by atoms with E-state index in [2.05, 4.69) is 25.9 Å². The first-order valence-corrected chi connectivity index (χ1v) is 7.52. The van der Waals surface area contributed by atoms with Crippen molar-refractivity contribution in [3.05, 3.63) is 33.9 Å². The highest BCUT2D eigenvalue weighted by Gasteiger charge is 2.21. The fourth-order valence-electron chi connectivity index (χ4n) is 2.09. The number of ether oxygens (including phenoxy) is 2. The van der Waals surface area contributed by atoms with E-state index in [9.17, 15) is 9.90 Å². The van der Waals surface area contributed by atoms with Crippen molar-refractivity contribution < 1.29 is 19.4 Å². The van der Waals surface area contributed by atoms with E-state index < -0.39 is 5.97 Å². The predicted molar refractivity (Wildman–Crippen MR) is 88.6 cm³/mol. The molecule has 1 heterocycles. The molecule has 7 nitrogen and oxygen atoms in total. The number of hydrogen-bond donors (Lipinski definition) is 2.